The number of carbonyl (C=O) groups excluding carboxylic acids is 2. The fraction of sp³-hybridized carbons (Fsp3) is 0.387. The fourth-order valence-corrected chi connectivity index (χ4v) is 5.95. The van der Waals surface area contributed by atoms with Crippen LogP contribution in [0.2, 0.25) is 0 Å². The van der Waals surface area contributed by atoms with Gasteiger partial charge in [-0.1, -0.05) is 6.07 Å². The number of aromatic nitrogens is 4. The second-order valence-corrected chi connectivity index (χ2v) is 13.8. The first kappa shape index (κ1) is 30.6. The summed E-state index contributed by atoms with van der Waals surface area (Å²) in [5.74, 6) is -0.141. The second kappa shape index (κ2) is 11.5. The lowest BCUT2D eigenvalue weighted by Crippen LogP contribution is -2.37. The highest BCUT2D eigenvalue weighted by Gasteiger charge is 2.39. The third-order valence-corrected chi connectivity index (χ3v) is 8.19. The van der Waals surface area contributed by atoms with Crippen molar-refractivity contribution < 1.29 is 31.7 Å². The molecule has 6 heterocycles. The molecule has 2 amide bonds. The molecule has 1 N–H and O–H groups in total. The number of hydrogen-bond acceptors (Lipinski definition) is 11. The highest BCUT2D eigenvalue weighted by Crippen LogP contribution is 2.39. The normalized spacial score (nSPS) is 16.8. The molecular weight excluding hydrogens is 600 g/mol. The summed E-state index contributed by atoms with van der Waals surface area (Å²) in [6.45, 7) is 6.01. The highest BCUT2D eigenvalue weighted by atomic mass is 32.2. The molecule has 14 heteroatoms. The van der Waals surface area contributed by atoms with E-state index >= 15 is 0 Å². The van der Waals surface area contributed by atoms with E-state index in [-0.39, 0.29) is 24.6 Å². The van der Waals surface area contributed by atoms with Gasteiger partial charge in [-0.2, -0.15) is 8.42 Å². The lowest BCUT2D eigenvalue weighted by atomic mass is 9.97. The van der Waals surface area contributed by atoms with Crippen LogP contribution in [-0.2, 0) is 44.0 Å². The zero-order valence-electron chi connectivity index (χ0n) is 25.7. The summed E-state index contributed by atoms with van der Waals surface area (Å²) in [5, 5.41) is 4.04. The standard InChI is InChI=1S/C31H34N6O7S/c1-31(2,3)44-30(39)37-15-22-26(29(37)38)23(14-33-27(22)20-8-11-32-28-21(20)9-12-36(28)4)34-25-7-6-19(18-10-13-42-16-18)24(35-25)17-43-45(5,40)41/h6-9,11-12,14,18H,10,13,15-17H2,1-5H3,(H,34,35). The molecule has 4 aromatic heterocycles. The Balaban J connectivity index is 1.43. The maximum atomic E-state index is 13.9. The summed E-state index contributed by atoms with van der Waals surface area (Å²) in [6, 6.07) is 7.37. The number of nitrogens with zero attached hydrogens (tertiary/aromatic N) is 5. The lowest BCUT2D eigenvalue weighted by Gasteiger charge is -2.23. The Hall–Kier alpha value is -4.40. The van der Waals surface area contributed by atoms with Crippen molar-refractivity contribution in [2.75, 3.05) is 24.8 Å². The maximum Gasteiger partial charge on any atom is 0.417 e. The predicted molar refractivity (Wildman–Crippen MR) is 165 cm³/mol. The molecule has 0 bridgehead atoms. The molecule has 2 aliphatic heterocycles. The number of rotatable bonds is 7. The third-order valence-electron chi connectivity index (χ3n) is 7.64. The van der Waals surface area contributed by atoms with E-state index in [1.807, 2.05) is 36.0 Å². The van der Waals surface area contributed by atoms with Crippen LogP contribution in [0.4, 0.5) is 16.3 Å². The van der Waals surface area contributed by atoms with Crippen molar-refractivity contribution in [1.82, 2.24) is 24.4 Å². The Morgan fingerprint density at radius 3 is 2.69 bits per heavy atom. The summed E-state index contributed by atoms with van der Waals surface area (Å²) in [7, 11) is -1.83. The van der Waals surface area contributed by atoms with Gasteiger partial charge in [0.15, 0.2) is 0 Å². The van der Waals surface area contributed by atoms with E-state index in [9.17, 15) is 18.0 Å². The Morgan fingerprint density at radius 2 is 1.98 bits per heavy atom. The molecule has 1 unspecified atom stereocenters. The molecule has 0 aliphatic carbocycles. The van der Waals surface area contributed by atoms with E-state index in [0.29, 0.717) is 41.7 Å². The SMILES string of the molecule is Cn1ccc2c(-c3ncc(Nc4ccc(C5CCOC5)c(COS(C)(=O)=O)n4)c4c3CN(C(=O)OC(C)(C)C)C4=O)ccnc21. The molecule has 45 heavy (non-hydrogen) atoms. The number of imide groups is 1. The first-order chi connectivity index (χ1) is 21.3. The van der Waals surface area contributed by atoms with Crippen LogP contribution in [0.15, 0.2) is 42.9 Å². The van der Waals surface area contributed by atoms with Crippen LogP contribution in [0.5, 0.6) is 0 Å². The summed E-state index contributed by atoms with van der Waals surface area (Å²) < 4.78 is 41.7. The van der Waals surface area contributed by atoms with Gasteiger partial charge in [0.05, 0.1) is 48.2 Å². The molecule has 236 valence electrons. The highest BCUT2D eigenvalue weighted by molar-refractivity contribution is 7.85. The van der Waals surface area contributed by atoms with E-state index in [1.54, 1.807) is 33.0 Å². The number of pyridine rings is 3. The number of hydrogen-bond donors (Lipinski definition) is 1. The van der Waals surface area contributed by atoms with Gasteiger partial charge in [0.25, 0.3) is 16.0 Å². The van der Waals surface area contributed by atoms with Gasteiger partial charge in [-0.25, -0.2) is 19.7 Å². The first-order valence-corrected chi connectivity index (χ1v) is 16.3. The molecule has 0 aromatic carbocycles. The molecule has 0 spiro atoms. The van der Waals surface area contributed by atoms with Gasteiger partial charge in [0.2, 0.25) is 0 Å². The molecule has 2 aliphatic rings. The average molecular weight is 635 g/mol. The Morgan fingerprint density at radius 1 is 1.18 bits per heavy atom. The first-order valence-electron chi connectivity index (χ1n) is 14.4. The fourth-order valence-electron chi connectivity index (χ4n) is 5.63. The average Bonchev–Trinajstić information content (AvgIpc) is 3.71. The van der Waals surface area contributed by atoms with Gasteiger partial charge in [-0.15, -0.1) is 0 Å². The lowest BCUT2D eigenvalue weighted by molar-refractivity contribution is 0.0248. The van der Waals surface area contributed by atoms with Crippen LogP contribution in [0.25, 0.3) is 22.3 Å². The largest absolute Gasteiger partial charge is 0.443 e. The van der Waals surface area contributed by atoms with Crippen molar-refractivity contribution in [2.24, 2.45) is 7.05 Å². The van der Waals surface area contributed by atoms with Crippen LogP contribution in [-0.4, -0.2) is 69.9 Å². The molecule has 0 saturated carbocycles. The van der Waals surface area contributed by atoms with Crippen molar-refractivity contribution in [3.05, 3.63) is 65.2 Å². The van der Waals surface area contributed by atoms with Gasteiger partial charge < -0.3 is 19.4 Å². The molecule has 1 atom stereocenters. The Bertz CT molecular complexity index is 1930. The molecule has 1 fully saturated rings. The second-order valence-electron chi connectivity index (χ2n) is 12.2. The Kier molecular flexibility index (Phi) is 7.83. The molecule has 4 aromatic rings. The minimum Gasteiger partial charge on any atom is -0.443 e. The number of fused-ring (bicyclic) bond motifs is 2. The summed E-state index contributed by atoms with van der Waals surface area (Å²) in [5.41, 5.74) is 3.66. The Labute approximate surface area is 260 Å². The van der Waals surface area contributed by atoms with Crippen LogP contribution in [0.1, 0.15) is 60.3 Å². The van der Waals surface area contributed by atoms with Crippen molar-refractivity contribution in [1.29, 1.82) is 0 Å². The van der Waals surface area contributed by atoms with Crippen LogP contribution >= 0.6 is 0 Å². The van der Waals surface area contributed by atoms with Crippen LogP contribution < -0.4 is 5.32 Å². The molecule has 13 nitrogen and oxygen atoms in total. The van der Waals surface area contributed by atoms with E-state index in [4.69, 9.17) is 18.6 Å². The van der Waals surface area contributed by atoms with Gasteiger partial charge in [-0.3, -0.25) is 14.0 Å². The number of carbonyl (C=O) groups is 2. The molecule has 0 radical (unpaired) electrons. The van der Waals surface area contributed by atoms with Gasteiger partial charge in [0.1, 0.15) is 23.7 Å². The van der Waals surface area contributed by atoms with Crippen molar-refractivity contribution >= 4 is 44.7 Å². The third kappa shape index (κ3) is 6.26. The predicted octanol–water partition coefficient (Wildman–Crippen LogP) is 4.64. The zero-order valence-corrected chi connectivity index (χ0v) is 26.5. The molecular formula is C31H34N6O7S. The summed E-state index contributed by atoms with van der Waals surface area (Å²) in [6.07, 6.45) is 6.11. The minimum atomic E-state index is -3.72. The van der Waals surface area contributed by atoms with E-state index in [1.165, 1.54) is 6.20 Å². The smallest absolute Gasteiger partial charge is 0.417 e. The minimum absolute atomic E-state index is 0.0426. The maximum absolute atomic E-state index is 13.9. The monoisotopic (exact) mass is 634 g/mol. The van der Waals surface area contributed by atoms with Crippen molar-refractivity contribution in [3.8, 4) is 11.3 Å². The number of anilines is 2. The van der Waals surface area contributed by atoms with Gasteiger partial charge in [0, 0.05) is 48.5 Å². The van der Waals surface area contributed by atoms with E-state index < -0.39 is 27.7 Å². The summed E-state index contributed by atoms with van der Waals surface area (Å²) >= 11 is 0. The van der Waals surface area contributed by atoms with E-state index in [0.717, 1.165) is 39.7 Å². The zero-order chi connectivity index (χ0) is 32.1. The van der Waals surface area contributed by atoms with E-state index in [2.05, 4.69) is 15.3 Å². The molecule has 6 rings (SSSR count). The van der Waals surface area contributed by atoms with Gasteiger partial charge in [-0.05, 0) is 51.0 Å². The van der Waals surface area contributed by atoms with Gasteiger partial charge >= 0.3 is 6.09 Å². The van der Waals surface area contributed by atoms with Crippen LogP contribution in [0.3, 0.4) is 0 Å². The van der Waals surface area contributed by atoms with Crippen LogP contribution in [0, 0.1) is 0 Å². The number of nitrogens with one attached hydrogen (secondary N) is 1. The molecule has 1 saturated heterocycles. The number of amides is 2. The van der Waals surface area contributed by atoms with Crippen molar-refractivity contribution in [3.63, 3.8) is 0 Å². The topological polar surface area (TPSA) is 155 Å². The quantitative estimate of drug-likeness (QED) is 0.283. The summed E-state index contributed by atoms with van der Waals surface area (Å²) in [4.78, 5) is 42.1. The van der Waals surface area contributed by atoms with Crippen molar-refractivity contribution in [2.45, 2.75) is 51.9 Å². The number of ether oxygens (including phenoxy) is 2. The number of aryl methyl sites for hydroxylation is 1.